The quantitative estimate of drug-likeness (QED) is 0.107. The van der Waals surface area contributed by atoms with Crippen molar-refractivity contribution < 1.29 is 0 Å². The van der Waals surface area contributed by atoms with Crippen LogP contribution in [0.1, 0.15) is 0 Å². The lowest BCUT2D eigenvalue weighted by Crippen LogP contribution is -2.61. The van der Waals surface area contributed by atoms with Crippen molar-refractivity contribution in [1.82, 2.24) is 4.57 Å². The second kappa shape index (κ2) is 23.8. The van der Waals surface area contributed by atoms with Crippen LogP contribution in [-0.4, -0.2) is 11.3 Å². The SMILES string of the molecule is c1ccc(-c2ccc(N3c4cc(N(c5ccccc5)c5ccccc5)ccc4B4c5ccc6c(c5N(c5ccc(-c7ccccc7)cc5)c5cc(N(c7ccccc7)c7ccccc7)cc3c54)c3ccccc3n6-c3c(-c4ccccc4)cccc3-c3ccccc3)cc2)cc1. The van der Waals surface area contributed by atoms with Crippen LogP contribution in [0.2, 0.25) is 0 Å². The molecule has 3 heterocycles. The van der Waals surface area contributed by atoms with Crippen LogP contribution in [0.3, 0.4) is 0 Å². The van der Waals surface area contributed by atoms with E-state index in [1.165, 1.54) is 38.3 Å². The third-order valence-electron chi connectivity index (χ3n) is 19.3. The highest BCUT2D eigenvalue weighted by molar-refractivity contribution is 7.00. The molecule has 0 unspecified atom stereocenters. The molecule has 0 aliphatic carbocycles. The zero-order chi connectivity index (χ0) is 63.5. The summed E-state index contributed by atoms with van der Waals surface area (Å²) < 4.78 is 2.57. The monoisotopic (exact) mass is 1220 g/mol. The summed E-state index contributed by atoms with van der Waals surface area (Å²) in [6.07, 6.45) is 0. The first-order valence-electron chi connectivity index (χ1n) is 33.0. The summed E-state index contributed by atoms with van der Waals surface area (Å²) in [5, 5.41) is 2.34. The number of rotatable bonds is 13. The molecule has 0 spiro atoms. The Morgan fingerprint density at radius 1 is 0.240 bits per heavy atom. The van der Waals surface area contributed by atoms with E-state index in [0.717, 1.165) is 118 Å². The van der Waals surface area contributed by atoms with Crippen LogP contribution >= 0.6 is 0 Å². The molecule has 16 aromatic rings. The van der Waals surface area contributed by atoms with E-state index in [2.05, 4.69) is 400 Å². The average molecular weight is 1220 g/mol. The van der Waals surface area contributed by atoms with Crippen molar-refractivity contribution in [1.29, 1.82) is 0 Å². The number of anilines is 12. The van der Waals surface area contributed by atoms with Crippen molar-refractivity contribution in [3.8, 4) is 50.2 Å². The van der Waals surface area contributed by atoms with Crippen LogP contribution in [0.5, 0.6) is 0 Å². The third kappa shape index (κ3) is 9.57. The molecule has 5 nitrogen and oxygen atoms in total. The molecule has 96 heavy (non-hydrogen) atoms. The van der Waals surface area contributed by atoms with Gasteiger partial charge in [0.05, 0.1) is 28.1 Å². The van der Waals surface area contributed by atoms with Gasteiger partial charge >= 0.3 is 0 Å². The summed E-state index contributed by atoms with van der Waals surface area (Å²) >= 11 is 0. The van der Waals surface area contributed by atoms with Gasteiger partial charge in [0.2, 0.25) is 0 Å². The Kier molecular flexibility index (Phi) is 13.9. The Labute approximate surface area is 560 Å². The van der Waals surface area contributed by atoms with E-state index in [1.807, 2.05) is 0 Å². The maximum absolute atomic E-state index is 2.63. The van der Waals surface area contributed by atoms with E-state index in [9.17, 15) is 0 Å². The largest absolute Gasteiger partial charge is 0.311 e. The van der Waals surface area contributed by atoms with Gasteiger partial charge in [-0.2, -0.15) is 0 Å². The van der Waals surface area contributed by atoms with Gasteiger partial charge in [-0.3, -0.25) is 0 Å². The van der Waals surface area contributed by atoms with Gasteiger partial charge < -0.3 is 24.2 Å². The van der Waals surface area contributed by atoms with E-state index >= 15 is 0 Å². The lowest BCUT2D eigenvalue weighted by Gasteiger charge is -2.45. The van der Waals surface area contributed by atoms with Crippen molar-refractivity contribution in [2.75, 3.05) is 19.6 Å². The van der Waals surface area contributed by atoms with Crippen LogP contribution in [0, 0.1) is 0 Å². The molecule has 0 amide bonds. The standard InChI is InChI=1S/C90H62BN5/c1-9-28-63(29-10-1)65-48-52-73(53-49-65)94-84-60-75(92(69-36-17-5-18-37-69)70-38-19-6-20-39-70)56-57-80(84)91-81-58-59-83-87(79-44-25-26-47-82(79)96(83)89-77(67-32-13-3-14-33-67)45-27-46-78(89)68-34-15-4-16-35-68)90(81)95(74-54-50-66(51-55-74)64-30-11-2-12-31-64)86-62-76(61-85(94)88(86)91)93(71-40-21-7-22-41-71)72-42-23-8-24-43-72/h1-62H. The molecule has 0 saturated carbocycles. The number of aromatic nitrogens is 1. The van der Waals surface area contributed by atoms with Crippen molar-refractivity contribution >= 4 is 113 Å². The van der Waals surface area contributed by atoms with Crippen LogP contribution < -0.4 is 36.0 Å². The summed E-state index contributed by atoms with van der Waals surface area (Å²) in [5.41, 5.74) is 29.2. The van der Waals surface area contributed by atoms with Crippen molar-refractivity contribution in [2.24, 2.45) is 0 Å². The molecule has 450 valence electrons. The van der Waals surface area contributed by atoms with E-state index in [-0.39, 0.29) is 6.71 Å². The Bertz CT molecular complexity index is 5360. The number of nitrogens with zero attached hydrogens (tertiary/aromatic N) is 5. The zero-order valence-corrected chi connectivity index (χ0v) is 52.6. The second-order valence-electron chi connectivity index (χ2n) is 24.8. The Morgan fingerprint density at radius 2 is 0.625 bits per heavy atom. The Hall–Kier alpha value is -12.6. The number of benzene rings is 15. The number of para-hydroxylation sites is 6. The first-order chi connectivity index (χ1) is 47.7. The van der Waals surface area contributed by atoms with Crippen molar-refractivity contribution in [2.45, 2.75) is 0 Å². The van der Waals surface area contributed by atoms with Crippen LogP contribution in [0.15, 0.2) is 376 Å². The van der Waals surface area contributed by atoms with Gasteiger partial charge in [0.15, 0.2) is 0 Å². The van der Waals surface area contributed by atoms with Crippen LogP contribution in [0.25, 0.3) is 72.0 Å². The molecule has 0 fully saturated rings. The molecule has 2 aliphatic rings. The highest BCUT2D eigenvalue weighted by atomic mass is 15.2. The predicted octanol–water partition coefficient (Wildman–Crippen LogP) is 22.5. The third-order valence-corrected chi connectivity index (χ3v) is 19.3. The normalized spacial score (nSPS) is 12.1. The summed E-state index contributed by atoms with van der Waals surface area (Å²) in [4.78, 5) is 10.0. The highest BCUT2D eigenvalue weighted by Crippen LogP contribution is 2.53. The fraction of sp³-hybridized carbons (Fsp3) is 0. The molecule has 15 aromatic carbocycles. The molecule has 0 saturated heterocycles. The molecule has 6 heteroatoms. The van der Waals surface area contributed by atoms with Gasteiger partial charge in [0.25, 0.3) is 6.71 Å². The maximum Gasteiger partial charge on any atom is 0.252 e. The van der Waals surface area contributed by atoms with Crippen LogP contribution in [-0.2, 0) is 0 Å². The van der Waals surface area contributed by atoms with Crippen molar-refractivity contribution in [3.63, 3.8) is 0 Å². The van der Waals surface area contributed by atoms with E-state index in [1.54, 1.807) is 0 Å². The Balaban J connectivity index is 0.985. The van der Waals surface area contributed by atoms with Gasteiger partial charge in [-0.1, -0.05) is 267 Å². The average Bonchev–Trinajstić information content (AvgIpc) is 1.19. The zero-order valence-electron chi connectivity index (χ0n) is 52.6. The lowest BCUT2D eigenvalue weighted by atomic mass is 9.33. The van der Waals surface area contributed by atoms with Crippen molar-refractivity contribution in [3.05, 3.63) is 376 Å². The first kappa shape index (κ1) is 56.1. The first-order valence-corrected chi connectivity index (χ1v) is 33.0. The van der Waals surface area contributed by atoms with E-state index < -0.39 is 0 Å². The van der Waals surface area contributed by atoms with Gasteiger partial charge in [0.1, 0.15) is 0 Å². The predicted molar refractivity (Wildman–Crippen MR) is 406 cm³/mol. The minimum absolute atomic E-state index is 0.241. The smallest absolute Gasteiger partial charge is 0.252 e. The van der Waals surface area contributed by atoms with Gasteiger partial charge in [-0.05, 0) is 159 Å². The van der Waals surface area contributed by atoms with Gasteiger partial charge in [0, 0.05) is 78.8 Å². The summed E-state index contributed by atoms with van der Waals surface area (Å²) in [7, 11) is 0. The maximum atomic E-state index is 2.63. The molecule has 0 N–H and O–H groups in total. The van der Waals surface area contributed by atoms with Crippen LogP contribution in [0.4, 0.5) is 68.2 Å². The summed E-state index contributed by atoms with van der Waals surface area (Å²) in [6, 6.07) is 138. The molecule has 18 rings (SSSR count). The highest BCUT2D eigenvalue weighted by Gasteiger charge is 2.46. The minimum Gasteiger partial charge on any atom is -0.311 e. The second-order valence-corrected chi connectivity index (χ2v) is 24.8. The fourth-order valence-electron chi connectivity index (χ4n) is 15.1. The molecular formula is C90H62BN5. The molecule has 2 aliphatic heterocycles. The number of fused-ring (bicyclic) bond motifs is 8. The van der Waals surface area contributed by atoms with Gasteiger partial charge in [-0.15, -0.1) is 0 Å². The molecular weight excluding hydrogens is 1160 g/mol. The molecule has 0 radical (unpaired) electrons. The summed E-state index contributed by atoms with van der Waals surface area (Å²) in [6.45, 7) is -0.241. The number of hydrogen-bond acceptors (Lipinski definition) is 4. The van der Waals surface area contributed by atoms with Gasteiger partial charge in [-0.25, -0.2) is 0 Å². The fourth-order valence-corrected chi connectivity index (χ4v) is 15.1. The number of hydrogen-bond donors (Lipinski definition) is 0. The summed E-state index contributed by atoms with van der Waals surface area (Å²) in [5.74, 6) is 0. The lowest BCUT2D eigenvalue weighted by molar-refractivity contribution is 1.18. The van der Waals surface area contributed by atoms with E-state index in [0.29, 0.717) is 0 Å². The molecule has 1 aromatic heterocycles. The minimum atomic E-state index is -0.241. The Morgan fingerprint density at radius 3 is 1.11 bits per heavy atom. The molecule has 0 bridgehead atoms. The molecule has 0 atom stereocenters. The van der Waals surface area contributed by atoms with E-state index in [4.69, 9.17) is 0 Å². The topological polar surface area (TPSA) is 17.9 Å².